The van der Waals surface area contributed by atoms with Crippen molar-refractivity contribution in [2.24, 2.45) is 0 Å². The van der Waals surface area contributed by atoms with Gasteiger partial charge in [0.25, 0.3) is 11.8 Å². The maximum atomic E-state index is 12.8. The van der Waals surface area contributed by atoms with Crippen LogP contribution in [0.25, 0.3) is 0 Å². The second-order valence-corrected chi connectivity index (χ2v) is 8.22. The number of amides is 3. The summed E-state index contributed by atoms with van der Waals surface area (Å²) in [7, 11) is 0.540. The molecular formula is C21H25N2O4P. The first-order valence-corrected chi connectivity index (χ1v) is 10.4. The van der Waals surface area contributed by atoms with Gasteiger partial charge < -0.3 is 10.1 Å². The molecule has 2 unspecified atom stereocenters. The molecule has 2 rings (SSSR count). The van der Waals surface area contributed by atoms with Gasteiger partial charge in [0, 0.05) is 5.56 Å². The number of rotatable bonds is 5. The molecule has 0 aromatic heterocycles. The number of hydrogen-bond donors (Lipinski definition) is 2. The van der Waals surface area contributed by atoms with Gasteiger partial charge in [0.2, 0.25) is 0 Å². The van der Waals surface area contributed by atoms with E-state index in [-0.39, 0.29) is 0 Å². The lowest BCUT2D eigenvalue weighted by Gasteiger charge is -2.23. The number of alkyl carbamates (subject to hydrolysis) is 1. The quantitative estimate of drug-likeness (QED) is 0.756. The topological polar surface area (TPSA) is 84.5 Å². The number of carbonyl (C=O) groups is 3. The first-order chi connectivity index (χ1) is 13.2. The molecule has 0 radical (unpaired) electrons. The zero-order valence-corrected chi connectivity index (χ0v) is 17.4. The molecule has 28 heavy (non-hydrogen) atoms. The molecule has 2 N–H and O–H groups in total. The molecule has 0 aliphatic rings. The molecule has 6 nitrogen and oxygen atoms in total. The molecule has 0 bridgehead atoms. The lowest BCUT2D eigenvalue weighted by atomic mass is 10.1. The predicted octanol–water partition coefficient (Wildman–Crippen LogP) is 3.14. The zero-order valence-electron chi connectivity index (χ0n) is 16.4. The van der Waals surface area contributed by atoms with E-state index in [1.165, 1.54) is 0 Å². The molecule has 7 heteroatoms. The third kappa shape index (κ3) is 6.46. The maximum Gasteiger partial charge on any atom is 0.408 e. The van der Waals surface area contributed by atoms with E-state index in [1.54, 1.807) is 69.3 Å². The van der Waals surface area contributed by atoms with Crippen LogP contribution >= 0.6 is 8.58 Å². The highest BCUT2D eigenvalue weighted by molar-refractivity contribution is 7.46. The maximum absolute atomic E-state index is 12.8. The van der Waals surface area contributed by atoms with Crippen LogP contribution in [-0.2, 0) is 9.53 Å². The fraction of sp³-hybridized carbons (Fsp3) is 0.286. The van der Waals surface area contributed by atoms with Crippen molar-refractivity contribution in [3.8, 4) is 0 Å². The minimum absolute atomic E-state index is 0.393. The summed E-state index contributed by atoms with van der Waals surface area (Å²) >= 11 is 0. The first-order valence-electron chi connectivity index (χ1n) is 8.87. The van der Waals surface area contributed by atoms with E-state index < -0.39 is 29.6 Å². The molecule has 0 spiro atoms. The number of nitrogens with one attached hydrogen (secondary N) is 2. The van der Waals surface area contributed by atoms with E-state index >= 15 is 0 Å². The van der Waals surface area contributed by atoms with Gasteiger partial charge >= 0.3 is 6.09 Å². The highest BCUT2D eigenvalue weighted by atomic mass is 31.1. The van der Waals surface area contributed by atoms with Crippen molar-refractivity contribution >= 4 is 31.8 Å². The van der Waals surface area contributed by atoms with Gasteiger partial charge in [0.1, 0.15) is 11.6 Å². The molecule has 2 aromatic carbocycles. The Morgan fingerprint density at radius 1 is 1.00 bits per heavy atom. The summed E-state index contributed by atoms with van der Waals surface area (Å²) in [5, 5.41) is 5.93. The largest absolute Gasteiger partial charge is 0.444 e. The van der Waals surface area contributed by atoms with Crippen LogP contribution in [0.5, 0.6) is 0 Å². The van der Waals surface area contributed by atoms with Gasteiger partial charge in [0.05, 0.1) is 0 Å². The van der Waals surface area contributed by atoms with Crippen LogP contribution in [-0.4, -0.2) is 30.2 Å². The molecule has 0 saturated carbocycles. The van der Waals surface area contributed by atoms with Crippen molar-refractivity contribution in [3.05, 3.63) is 65.7 Å². The summed E-state index contributed by atoms with van der Waals surface area (Å²) in [5.74, 6) is -1.15. The summed E-state index contributed by atoms with van der Waals surface area (Å²) in [4.78, 5) is 37.5. The molecule has 2 atom stereocenters. The van der Waals surface area contributed by atoms with Crippen LogP contribution in [0.15, 0.2) is 54.6 Å². The molecule has 0 saturated heterocycles. The van der Waals surface area contributed by atoms with Crippen LogP contribution in [0.2, 0.25) is 0 Å². The van der Waals surface area contributed by atoms with Crippen molar-refractivity contribution in [1.82, 2.24) is 10.6 Å². The average Bonchev–Trinajstić information content (AvgIpc) is 2.65. The van der Waals surface area contributed by atoms with Gasteiger partial charge in [-0.3, -0.25) is 14.9 Å². The molecule has 0 fully saturated rings. The summed E-state index contributed by atoms with van der Waals surface area (Å²) in [5.41, 5.74) is 0.227. The normalized spacial score (nSPS) is 12.4. The van der Waals surface area contributed by atoms with Crippen LogP contribution in [0.4, 0.5) is 4.79 Å². The number of ether oxygens (including phenoxy) is 1. The number of hydrogen-bond acceptors (Lipinski definition) is 4. The monoisotopic (exact) mass is 400 g/mol. The van der Waals surface area contributed by atoms with Gasteiger partial charge in [-0.25, -0.2) is 4.79 Å². The number of benzene rings is 2. The standard InChI is InChI=1S/C21H25N2O4P/c1-21(2,3)27-20(26)22-17(14-9-6-5-7-10-14)19(25)23-18(24)15-11-8-12-16(13-15)28-4/h5-13,17,28H,1-4H3,(H,22,26)(H,23,24,25). The van der Waals surface area contributed by atoms with Gasteiger partial charge in [0.15, 0.2) is 0 Å². The van der Waals surface area contributed by atoms with Gasteiger partial charge in [-0.05, 0) is 50.4 Å². The van der Waals surface area contributed by atoms with Gasteiger partial charge in [-0.2, -0.15) is 0 Å². The molecule has 3 amide bonds. The van der Waals surface area contributed by atoms with Crippen LogP contribution in [0, 0.1) is 0 Å². The van der Waals surface area contributed by atoms with Gasteiger partial charge in [-0.1, -0.05) is 51.0 Å². The molecule has 2 aromatic rings. The third-order valence-corrected chi connectivity index (χ3v) is 4.59. The van der Waals surface area contributed by atoms with E-state index in [2.05, 4.69) is 10.6 Å². The fourth-order valence-electron chi connectivity index (χ4n) is 2.44. The predicted molar refractivity (Wildman–Crippen MR) is 111 cm³/mol. The molecule has 148 valence electrons. The molecule has 0 heterocycles. The smallest absolute Gasteiger partial charge is 0.408 e. The lowest BCUT2D eigenvalue weighted by Crippen LogP contribution is -2.44. The van der Waals surface area contributed by atoms with Crippen molar-refractivity contribution in [2.75, 3.05) is 6.66 Å². The van der Waals surface area contributed by atoms with E-state index in [0.717, 1.165) is 5.30 Å². The van der Waals surface area contributed by atoms with Crippen LogP contribution in [0.1, 0.15) is 42.7 Å². The Hall–Kier alpha value is -2.72. The van der Waals surface area contributed by atoms with Crippen molar-refractivity contribution in [2.45, 2.75) is 32.4 Å². The zero-order chi connectivity index (χ0) is 20.7. The minimum Gasteiger partial charge on any atom is -0.444 e. The second-order valence-electron chi connectivity index (χ2n) is 7.14. The van der Waals surface area contributed by atoms with E-state index in [0.29, 0.717) is 19.7 Å². The Bertz CT molecular complexity index is 847. The summed E-state index contributed by atoms with van der Waals surface area (Å²) < 4.78 is 5.25. The SMILES string of the molecule is CPc1cccc(C(=O)NC(=O)C(NC(=O)OC(C)(C)C)c2ccccc2)c1. The highest BCUT2D eigenvalue weighted by Crippen LogP contribution is 2.15. The lowest BCUT2D eigenvalue weighted by molar-refractivity contribution is -0.122. The minimum atomic E-state index is -1.06. The fourth-order valence-corrected chi connectivity index (χ4v) is 3.01. The van der Waals surface area contributed by atoms with E-state index in [1.807, 2.05) is 12.7 Å². The Morgan fingerprint density at radius 2 is 1.68 bits per heavy atom. The van der Waals surface area contributed by atoms with Crippen molar-refractivity contribution in [3.63, 3.8) is 0 Å². The number of carbonyl (C=O) groups excluding carboxylic acids is 3. The molecule has 0 aliphatic carbocycles. The summed E-state index contributed by atoms with van der Waals surface area (Å²) in [6.07, 6.45) is -0.738. The van der Waals surface area contributed by atoms with Crippen LogP contribution in [0.3, 0.4) is 0 Å². The highest BCUT2D eigenvalue weighted by Gasteiger charge is 2.27. The summed E-state index contributed by atoms with van der Waals surface area (Å²) in [6.45, 7) is 7.21. The van der Waals surface area contributed by atoms with Crippen molar-refractivity contribution in [1.29, 1.82) is 0 Å². The molecule has 0 aliphatic heterocycles. The Labute approximate surface area is 166 Å². The van der Waals surface area contributed by atoms with Crippen molar-refractivity contribution < 1.29 is 19.1 Å². The first kappa shape index (κ1) is 21.6. The summed E-state index contributed by atoms with van der Waals surface area (Å²) in [6, 6.07) is 14.7. The average molecular weight is 400 g/mol. The third-order valence-electron chi connectivity index (χ3n) is 3.71. The van der Waals surface area contributed by atoms with E-state index in [9.17, 15) is 14.4 Å². The van der Waals surface area contributed by atoms with Gasteiger partial charge in [-0.15, -0.1) is 0 Å². The van der Waals surface area contributed by atoms with Crippen LogP contribution < -0.4 is 15.9 Å². The number of imide groups is 1. The Kier molecular flexibility index (Phi) is 7.30. The molecular weight excluding hydrogens is 375 g/mol. The Morgan fingerprint density at radius 3 is 2.29 bits per heavy atom. The second kappa shape index (κ2) is 9.47. The Balaban J connectivity index is 2.18. The van der Waals surface area contributed by atoms with E-state index in [4.69, 9.17) is 4.74 Å².